The van der Waals surface area contributed by atoms with Gasteiger partial charge in [-0.2, -0.15) is 0 Å². The number of ether oxygens (including phenoxy) is 3. The van der Waals surface area contributed by atoms with Crippen LogP contribution >= 0.6 is 0 Å². The summed E-state index contributed by atoms with van der Waals surface area (Å²) in [5.41, 5.74) is 0. The van der Waals surface area contributed by atoms with Crippen molar-refractivity contribution in [2.45, 2.75) is 245 Å². The van der Waals surface area contributed by atoms with E-state index in [0.717, 1.165) is 116 Å². The number of esters is 2. The maximum atomic E-state index is 12.8. The van der Waals surface area contributed by atoms with Gasteiger partial charge < -0.3 is 14.2 Å². The van der Waals surface area contributed by atoms with Crippen molar-refractivity contribution in [2.24, 2.45) is 0 Å². The summed E-state index contributed by atoms with van der Waals surface area (Å²) in [5, 5.41) is 0. The van der Waals surface area contributed by atoms with Gasteiger partial charge in [-0.3, -0.25) is 9.59 Å². The molecule has 0 bridgehead atoms. The Kier molecular flexibility index (Phi) is 53.0. The van der Waals surface area contributed by atoms with Crippen molar-refractivity contribution in [3.05, 3.63) is 109 Å². The van der Waals surface area contributed by atoms with Crippen molar-refractivity contribution < 1.29 is 23.8 Å². The molecule has 5 heteroatoms. The van der Waals surface area contributed by atoms with Crippen molar-refractivity contribution in [2.75, 3.05) is 19.8 Å². The first-order valence-electron chi connectivity index (χ1n) is 27.4. The van der Waals surface area contributed by atoms with Gasteiger partial charge >= 0.3 is 11.9 Å². The van der Waals surface area contributed by atoms with E-state index in [4.69, 9.17) is 14.2 Å². The molecule has 0 aliphatic heterocycles. The van der Waals surface area contributed by atoms with E-state index in [9.17, 15) is 9.59 Å². The van der Waals surface area contributed by atoms with Crippen LogP contribution in [0, 0.1) is 0 Å². The van der Waals surface area contributed by atoms with E-state index < -0.39 is 6.10 Å². The third-order valence-electron chi connectivity index (χ3n) is 11.3. The van der Waals surface area contributed by atoms with Gasteiger partial charge in [0, 0.05) is 19.4 Å². The molecule has 0 aliphatic carbocycles. The highest BCUT2D eigenvalue weighted by molar-refractivity contribution is 5.70. The molecule has 0 spiro atoms. The summed E-state index contributed by atoms with van der Waals surface area (Å²) in [6.45, 7) is 7.52. The molecule has 0 fully saturated rings. The topological polar surface area (TPSA) is 61.8 Å². The molecule has 1 unspecified atom stereocenters. The smallest absolute Gasteiger partial charge is 0.306 e. The van der Waals surface area contributed by atoms with E-state index in [-0.39, 0.29) is 25.2 Å². The van der Waals surface area contributed by atoms with Gasteiger partial charge in [-0.1, -0.05) is 214 Å². The Morgan fingerprint density at radius 1 is 0.348 bits per heavy atom. The molecule has 0 rings (SSSR count). The van der Waals surface area contributed by atoms with E-state index in [0.29, 0.717) is 19.4 Å². The van der Waals surface area contributed by atoms with Crippen molar-refractivity contribution in [3.63, 3.8) is 0 Å². The van der Waals surface area contributed by atoms with Crippen molar-refractivity contribution in [3.8, 4) is 0 Å². The van der Waals surface area contributed by atoms with Gasteiger partial charge in [0.15, 0.2) is 6.10 Å². The number of carbonyl (C=O) groups excluding carboxylic acids is 2. The maximum Gasteiger partial charge on any atom is 0.306 e. The van der Waals surface area contributed by atoms with Gasteiger partial charge in [0.25, 0.3) is 0 Å². The van der Waals surface area contributed by atoms with Gasteiger partial charge in [-0.25, -0.2) is 0 Å². The van der Waals surface area contributed by atoms with Crippen LogP contribution in [0.4, 0.5) is 0 Å². The quantitative estimate of drug-likeness (QED) is 0.0346. The molecule has 0 saturated heterocycles. The Morgan fingerprint density at radius 2 is 0.682 bits per heavy atom. The lowest BCUT2D eigenvalue weighted by atomic mass is 10.1. The van der Waals surface area contributed by atoms with E-state index in [1.165, 1.54) is 89.9 Å². The van der Waals surface area contributed by atoms with Gasteiger partial charge in [0.1, 0.15) is 6.61 Å². The zero-order chi connectivity index (χ0) is 47.7. The van der Waals surface area contributed by atoms with Crippen LogP contribution in [-0.4, -0.2) is 37.9 Å². The second-order valence-electron chi connectivity index (χ2n) is 17.7. The predicted molar refractivity (Wildman–Crippen MR) is 288 cm³/mol. The van der Waals surface area contributed by atoms with Crippen molar-refractivity contribution in [1.29, 1.82) is 0 Å². The monoisotopic (exact) mass is 915 g/mol. The number of allylic oxidation sites excluding steroid dienone is 18. The molecule has 376 valence electrons. The molecule has 66 heavy (non-hydrogen) atoms. The standard InChI is InChI=1S/C61H102O5/c1-4-7-10-13-16-19-22-25-27-29-31-32-34-37-39-42-45-48-51-54-60(62)65-58-59(66-61(63)55-52-49-46-43-40-36-24-21-18-15-12-9-6-3)57-64-56-53-50-47-44-41-38-35-33-30-28-26-23-20-17-14-11-8-5-2/h7,9-10,12,16,18-19,21,25-28,31-32,36-37,39-40,59H,4-6,8,11,13-15,17,20,22-24,29-30,33-35,38,41-58H2,1-3H3/b10-7-,12-9-,19-16-,21-18-,27-25-,28-26-,32-31-,39-37-,40-36-. The van der Waals surface area contributed by atoms with Gasteiger partial charge in [-0.15, -0.1) is 0 Å². The summed E-state index contributed by atoms with van der Waals surface area (Å²) in [5.74, 6) is -0.473. The number of hydrogen-bond donors (Lipinski definition) is 0. The van der Waals surface area contributed by atoms with Crippen LogP contribution in [0.25, 0.3) is 0 Å². The van der Waals surface area contributed by atoms with Gasteiger partial charge in [0.05, 0.1) is 6.61 Å². The molecule has 0 radical (unpaired) electrons. The average Bonchev–Trinajstić information content (AvgIpc) is 3.32. The summed E-state index contributed by atoms with van der Waals surface area (Å²) in [6, 6.07) is 0. The van der Waals surface area contributed by atoms with Gasteiger partial charge in [0.2, 0.25) is 0 Å². The van der Waals surface area contributed by atoms with E-state index in [2.05, 4.69) is 130 Å². The number of hydrogen-bond acceptors (Lipinski definition) is 5. The molecule has 0 heterocycles. The maximum absolute atomic E-state index is 12.8. The highest BCUT2D eigenvalue weighted by atomic mass is 16.6. The van der Waals surface area contributed by atoms with Crippen LogP contribution in [-0.2, 0) is 23.8 Å². The second-order valence-corrected chi connectivity index (χ2v) is 17.7. The fraction of sp³-hybridized carbons (Fsp3) is 0.672. The molecule has 0 aromatic carbocycles. The Morgan fingerprint density at radius 3 is 1.11 bits per heavy atom. The largest absolute Gasteiger partial charge is 0.462 e. The summed E-state index contributed by atoms with van der Waals surface area (Å²) in [7, 11) is 0. The molecular formula is C61H102O5. The molecule has 1 atom stereocenters. The number of carbonyl (C=O) groups is 2. The molecular weight excluding hydrogens is 813 g/mol. The first-order valence-corrected chi connectivity index (χ1v) is 27.4. The van der Waals surface area contributed by atoms with E-state index in [1.54, 1.807) is 0 Å². The minimum Gasteiger partial charge on any atom is -0.462 e. The van der Waals surface area contributed by atoms with Crippen LogP contribution in [0.3, 0.4) is 0 Å². The van der Waals surface area contributed by atoms with Crippen molar-refractivity contribution in [1.82, 2.24) is 0 Å². The van der Waals surface area contributed by atoms with E-state index in [1.807, 2.05) is 0 Å². The highest BCUT2D eigenvalue weighted by Crippen LogP contribution is 2.13. The lowest BCUT2D eigenvalue weighted by molar-refractivity contribution is -0.163. The van der Waals surface area contributed by atoms with Gasteiger partial charge in [-0.05, 0) is 122 Å². The zero-order valence-corrected chi connectivity index (χ0v) is 43.2. The lowest BCUT2D eigenvalue weighted by Crippen LogP contribution is -2.30. The first kappa shape index (κ1) is 62.6. The fourth-order valence-corrected chi connectivity index (χ4v) is 7.25. The molecule has 5 nitrogen and oxygen atoms in total. The van der Waals surface area contributed by atoms with Crippen LogP contribution in [0.1, 0.15) is 239 Å². The molecule has 0 saturated carbocycles. The van der Waals surface area contributed by atoms with Crippen LogP contribution in [0.15, 0.2) is 109 Å². The van der Waals surface area contributed by atoms with Crippen molar-refractivity contribution >= 4 is 11.9 Å². The Bertz CT molecular complexity index is 1310. The predicted octanol–water partition coefficient (Wildman–Crippen LogP) is 18.8. The Balaban J connectivity index is 4.36. The number of unbranched alkanes of at least 4 members (excludes halogenated alkanes) is 20. The molecule has 0 aromatic heterocycles. The van der Waals surface area contributed by atoms with Crippen LogP contribution < -0.4 is 0 Å². The lowest BCUT2D eigenvalue weighted by Gasteiger charge is -2.18. The third kappa shape index (κ3) is 53.2. The van der Waals surface area contributed by atoms with Crippen LogP contribution in [0.5, 0.6) is 0 Å². The molecule has 0 N–H and O–H groups in total. The summed E-state index contributed by atoms with van der Waals surface area (Å²) < 4.78 is 17.4. The minimum atomic E-state index is -0.573. The molecule has 0 aliphatic rings. The first-order chi connectivity index (χ1) is 32.6. The summed E-state index contributed by atoms with van der Waals surface area (Å²) >= 11 is 0. The molecule has 0 amide bonds. The fourth-order valence-electron chi connectivity index (χ4n) is 7.25. The number of rotatable bonds is 49. The Labute approximate surface area is 408 Å². The minimum absolute atomic E-state index is 0.0493. The van der Waals surface area contributed by atoms with Crippen LogP contribution in [0.2, 0.25) is 0 Å². The second kappa shape index (κ2) is 55.9. The normalized spacial score (nSPS) is 13.1. The zero-order valence-electron chi connectivity index (χ0n) is 43.2. The summed E-state index contributed by atoms with van der Waals surface area (Å²) in [4.78, 5) is 25.4. The molecule has 0 aromatic rings. The summed E-state index contributed by atoms with van der Waals surface area (Å²) in [6.07, 6.45) is 76.8. The highest BCUT2D eigenvalue weighted by Gasteiger charge is 2.17. The van der Waals surface area contributed by atoms with E-state index >= 15 is 0 Å². The SMILES string of the molecule is CC/C=C\C/C=C\C/C=C\C/C=C\C/C=C\CCCCCC(=O)OCC(COCCCCCCCCCC/C=C\CCCCCCCC)OC(=O)CCCCC/C=C\C/C=C\C/C=C\CC. The third-order valence-corrected chi connectivity index (χ3v) is 11.3. The Hall–Kier alpha value is -3.44. The average molecular weight is 915 g/mol.